The molecule has 0 spiro atoms. The summed E-state index contributed by atoms with van der Waals surface area (Å²) in [6, 6.07) is 6.84. The number of amides is 1. The summed E-state index contributed by atoms with van der Waals surface area (Å²) in [5.74, 6) is -0.547. The second kappa shape index (κ2) is 6.99. The van der Waals surface area contributed by atoms with Crippen LogP contribution in [0.2, 0.25) is 0 Å². The summed E-state index contributed by atoms with van der Waals surface area (Å²) < 4.78 is 9.87. The molecule has 1 N–H and O–H groups in total. The van der Waals surface area contributed by atoms with Crippen LogP contribution in [0.3, 0.4) is 0 Å². The smallest absolute Gasteiger partial charge is 0.359 e. The minimum atomic E-state index is -0.705. The standard InChI is InChI=1S/C14H13N3O4/c1-20-11-4-2-3-10(7-11)17-13(18)9-21-14(19)12-8-15-5-6-16-12/h2-8H,9H2,1H3,(H,17,18). The first-order valence-electron chi connectivity index (χ1n) is 6.06. The molecule has 0 saturated heterocycles. The molecule has 1 aromatic heterocycles. The number of carbonyl (C=O) groups is 2. The highest BCUT2D eigenvalue weighted by atomic mass is 16.5. The van der Waals surface area contributed by atoms with Gasteiger partial charge in [0.1, 0.15) is 5.75 Å². The van der Waals surface area contributed by atoms with E-state index in [0.29, 0.717) is 11.4 Å². The molecule has 0 aliphatic rings. The molecule has 1 amide bonds. The van der Waals surface area contributed by atoms with Gasteiger partial charge in [0.15, 0.2) is 12.3 Å². The van der Waals surface area contributed by atoms with Crippen LogP contribution in [-0.2, 0) is 9.53 Å². The summed E-state index contributed by atoms with van der Waals surface area (Å²) in [4.78, 5) is 30.8. The predicted molar refractivity (Wildman–Crippen MR) is 73.9 cm³/mol. The van der Waals surface area contributed by atoms with E-state index in [0.717, 1.165) is 0 Å². The Bertz CT molecular complexity index is 631. The van der Waals surface area contributed by atoms with Crippen molar-refractivity contribution in [3.05, 3.63) is 48.5 Å². The van der Waals surface area contributed by atoms with E-state index in [1.54, 1.807) is 24.3 Å². The molecule has 2 rings (SSSR count). The van der Waals surface area contributed by atoms with Gasteiger partial charge < -0.3 is 14.8 Å². The molecular weight excluding hydrogens is 274 g/mol. The van der Waals surface area contributed by atoms with Gasteiger partial charge in [-0.25, -0.2) is 9.78 Å². The van der Waals surface area contributed by atoms with Crippen molar-refractivity contribution in [2.75, 3.05) is 19.0 Å². The summed E-state index contributed by atoms with van der Waals surface area (Å²) >= 11 is 0. The number of nitrogens with zero attached hydrogens (tertiary/aromatic N) is 2. The van der Waals surface area contributed by atoms with E-state index < -0.39 is 18.5 Å². The summed E-state index contributed by atoms with van der Waals surface area (Å²) in [6.07, 6.45) is 4.07. The van der Waals surface area contributed by atoms with E-state index in [-0.39, 0.29) is 5.69 Å². The molecule has 21 heavy (non-hydrogen) atoms. The van der Waals surface area contributed by atoms with Crippen molar-refractivity contribution < 1.29 is 19.1 Å². The van der Waals surface area contributed by atoms with Gasteiger partial charge in [0.2, 0.25) is 0 Å². The number of esters is 1. The van der Waals surface area contributed by atoms with Gasteiger partial charge in [-0.1, -0.05) is 6.07 Å². The average molecular weight is 287 g/mol. The van der Waals surface area contributed by atoms with Crippen LogP contribution in [-0.4, -0.2) is 35.6 Å². The third-order valence-corrected chi connectivity index (χ3v) is 2.46. The second-order valence-corrected chi connectivity index (χ2v) is 3.95. The minimum Gasteiger partial charge on any atom is -0.497 e. The number of anilines is 1. The molecule has 108 valence electrons. The Labute approximate surface area is 120 Å². The molecule has 0 bridgehead atoms. The first-order valence-corrected chi connectivity index (χ1v) is 6.06. The number of ether oxygens (including phenoxy) is 2. The Morgan fingerprint density at radius 1 is 1.29 bits per heavy atom. The molecule has 0 unspecified atom stereocenters. The first kappa shape index (κ1) is 14.4. The van der Waals surface area contributed by atoms with Crippen LogP contribution in [0, 0.1) is 0 Å². The van der Waals surface area contributed by atoms with Crippen LogP contribution < -0.4 is 10.1 Å². The highest BCUT2D eigenvalue weighted by Crippen LogP contribution is 2.16. The SMILES string of the molecule is COc1cccc(NC(=O)COC(=O)c2cnccn2)c1. The van der Waals surface area contributed by atoms with Gasteiger partial charge in [-0.3, -0.25) is 9.78 Å². The first-order chi connectivity index (χ1) is 10.2. The van der Waals surface area contributed by atoms with Crippen LogP contribution in [0.5, 0.6) is 5.75 Å². The lowest BCUT2D eigenvalue weighted by atomic mass is 10.3. The Hall–Kier alpha value is -2.96. The highest BCUT2D eigenvalue weighted by Gasteiger charge is 2.11. The van der Waals surface area contributed by atoms with Crippen molar-refractivity contribution >= 4 is 17.6 Å². The number of hydrogen-bond acceptors (Lipinski definition) is 6. The van der Waals surface area contributed by atoms with Gasteiger partial charge in [-0.15, -0.1) is 0 Å². The summed E-state index contributed by atoms with van der Waals surface area (Å²) in [6.45, 7) is -0.410. The monoisotopic (exact) mass is 287 g/mol. The van der Waals surface area contributed by atoms with Gasteiger partial charge in [0.05, 0.1) is 13.3 Å². The van der Waals surface area contributed by atoms with E-state index >= 15 is 0 Å². The number of benzene rings is 1. The average Bonchev–Trinajstić information content (AvgIpc) is 2.53. The molecule has 0 radical (unpaired) electrons. The van der Waals surface area contributed by atoms with E-state index in [9.17, 15) is 9.59 Å². The van der Waals surface area contributed by atoms with Gasteiger partial charge >= 0.3 is 5.97 Å². The van der Waals surface area contributed by atoms with Crippen molar-refractivity contribution in [1.29, 1.82) is 0 Å². The van der Waals surface area contributed by atoms with Crippen molar-refractivity contribution in [2.24, 2.45) is 0 Å². The molecule has 1 heterocycles. The predicted octanol–water partition coefficient (Wildman–Crippen LogP) is 1.28. The molecule has 2 aromatic rings. The van der Waals surface area contributed by atoms with E-state index in [1.807, 2.05) is 0 Å². The Balaban J connectivity index is 1.86. The lowest BCUT2D eigenvalue weighted by Crippen LogP contribution is -2.21. The van der Waals surface area contributed by atoms with Crippen molar-refractivity contribution in [3.63, 3.8) is 0 Å². The quantitative estimate of drug-likeness (QED) is 0.833. The molecule has 7 nitrogen and oxygen atoms in total. The molecular formula is C14H13N3O4. The van der Waals surface area contributed by atoms with Gasteiger partial charge in [0, 0.05) is 24.1 Å². The number of rotatable bonds is 5. The Morgan fingerprint density at radius 3 is 2.86 bits per heavy atom. The lowest BCUT2D eigenvalue weighted by molar-refractivity contribution is -0.119. The lowest BCUT2D eigenvalue weighted by Gasteiger charge is -2.07. The van der Waals surface area contributed by atoms with Crippen molar-refractivity contribution in [3.8, 4) is 5.75 Å². The van der Waals surface area contributed by atoms with Crippen molar-refractivity contribution in [1.82, 2.24) is 9.97 Å². The second-order valence-electron chi connectivity index (χ2n) is 3.95. The maximum absolute atomic E-state index is 11.7. The fraction of sp³-hybridized carbons (Fsp3) is 0.143. The van der Waals surface area contributed by atoms with Gasteiger partial charge in [0.25, 0.3) is 5.91 Å². The largest absolute Gasteiger partial charge is 0.497 e. The topological polar surface area (TPSA) is 90.4 Å². The highest BCUT2D eigenvalue weighted by molar-refractivity contribution is 5.94. The number of methoxy groups -OCH3 is 1. The van der Waals surface area contributed by atoms with Crippen LogP contribution in [0.4, 0.5) is 5.69 Å². The van der Waals surface area contributed by atoms with E-state index in [1.165, 1.54) is 25.7 Å². The summed E-state index contributed by atoms with van der Waals surface area (Å²) in [7, 11) is 1.53. The maximum atomic E-state index is 11.7. The zero-order valence-electron chi connectivity index (χ0n) is 11.3. The van der Waals surface area contributed by atoms with Crippen LogP contribution >= 0.6 is 0 Å². The van der Waals surface area contributed by atoms with Crippen LogP contribution in [0.25, 0.3) is 0 Å². The van der Waals surface area contributed by atoms with Gasteiger partial charge in [-0.05, 0) is 12.1 Å². The summed E-state index contributed by atoms with van der Waals surface area (Å²) in [5, 5.41) is 2.59. The normalized spacial score (nSPS) is 9.76. The molecule has 0 fully saturated rings. The summed E-state index contributed by atoms with van der Waals surface area (Å²) in [5.41, 5.74) is 0.599. The maximum Gasteiger partial charge on any atom is 0.359 e. The molecule has 0 saturated carbocycles. The fourth-order valence-corrected chi connectivity index (χ4v) is 1.51. The van der Waals surface area contributed by atoms with Crippen LogP contribution in [0.15, 0.2) is 42.9 Å². The number of aromatic nitrogens is 2. The zero-order chi connectivity index (χ0) is 15.1. The molecule has 1 aromatic carbocycles. The third kappa shape index (κ3) is 4.27. The number of hydrogen-bond donors (Lipinski definition) is 1. The Kier molecular flexibility index (Phi) is 4.81. The van der Waals surface area contributed by atoms with Gasteiger partial charge in [-0.2, -0.15) is 0 Å². The number of carbonyl (C=O) groups excluding carboxylic acids is 2. The minimum absolute atomic E-state index is 0.0479. The van der Waals surface area contributed by atoms with E-state index in [2.05, 4.69) is 15.3 Å². The molecule has 7 heteroatoms. The molecule has 0 aliphatic heterocycles. The fourth-order valence-electron chi connectivity index (χ4n) is 1.51. The third-order valence-electron chi connectivity index (χ3n) is 2.46. The number of nitrogens with one attached hydrogen (secondary N) is 1. The van der Waals surface area contributed by atoms with E-state index in [4.69, 9.17) is 9.47 Å². The van der Waals surface area contributed by atoms with Crippen molar-refractivity contribution in [2.45, 2.75) is 0 Å². The molecule has 0 aliphatic carbocycles. The zero-order valence-corrected chi connectivity index (χ0v) is 11.3. The molecule has 0 atom stereocenters. The van der Waals surface area contributed by atoms with Crippen LogP contribution in [0.1, 0.15) is 10.5 Å². The Morgan fingerprint density at radius 2 is 2.14 bits per heavy atom.